The van der Waals surface area contributed by atoms with Crippen LogP contribution in [0.3, 0.4) is 0 Å². The Labute approximate surface area is 197 Å². The van der Waals surface area contributed by atoms with E-state index < -0.39 is 4.92 Å². The van der Waals surface area contributed by atoms with E-state index in [-0.39, 0.29) is 17.3 Å². The van der Waals surface area contributed by atoms with Crippen molar-refractivity contribution in [1.29, 1.82) is 0 Å². The monoisotopic (exact) mass is 490 g/mol. The average Bonchev–Trinajstić information content (AvgIpc) is 3.25. The van der Waals surface area contributed by atoms with Crippen molar-refractivity contribution >= 4 is 62.8 Å². The van der Waals surface area contributed by atoms with Crippen LogP contribution in [0.25, 0.3) is 0 Å². The number of anilines is 3. The molecule has 4 rings (SSSR count). The molecule has 1 fully saturated rings. The Morgan fingerprint density at radius 3 is 2.62 bits per heavy atom. The van der Waals surface area contributed by atoms with Gasteiger partial charge in [-0.05, 0) is 24.3 Å². The number of hydrogen-bond acceptors (Lipinski definition) is 9. The summed E-state index contributed by atoms with van der Waals surface area (Å²) in [5.74, 6) is 0.272. The number of nitrogens with one attached hydrogen (secondary N) is 1. The van der Waals surface area contributed by atoms with Crippen molar-refractivity contribution in [3.63, 3.8) is 0 Å². The van der Waals surface area contributed by atoms with Crippen LogP contribution in [-0.2, 0) is 4.79 Å². The quantitative estimate of drug-likeness (QED) is 0.297. The molecule has 166 valence electrons. The van der Waals surface area contributed by atoms with E-state index in [2.05, 4.69) is 15.5 Å². The second-order valence-corrected chi connectivity index (χ2v) is 9.55. The summed E-state index contributed by atoms with van der Waals surface area (Å²) in [7, 11) is 0. The second kappa shape index (κ2) is 10.2. The molecule has 1 saturated heterocycles. The molecule has 12 heteroatoms. The Hall–Kier alpha value is -2.89. The maximum absolute atomic E-state index is 12.6. The number of amides is 1. The fraction of sp³-hybridized carbons (Fsp3) is 0.250. The SMILES string of the molecule is O=C(CSc1nnc(Nc2ccccc2)s1)N1CCN(c2ccc(Cl)cc2[N+](=O)[O-])CC1. The first-order valence-electron chi connectivity index (χ1n) is 9.74. The number of para-hydroxylation sites is 1. The molecular formula is C20H19ClN6O3S2. The maximum Gasteiger partial charge on any atom is 0.294 e. The van der Waals surface area contributed by atoms with Gasteiger partial charge in [-0.2, -0.15) is 0 Å². The van der Waals surface area contributed by atoms with Gasteiger partial charge in [0.15, 0.2) is 4.34 Å². The predicted molar refractivity (Wildman–Crippen MR) is 127 cm³/mol. The molecule has 1 amide bonds. The van der Waals surface area contributed by atoms with Gasteiger partial charge < -0.3 is 15.1 Å². The fourth-order valence-electron chi connectivity index (χ4n) is 3.29. The minimum atomic E-state index is -0.432. The Bertz CT molecular complexity index is 1110. The normalized spacial score (nSPS) is 13.8. The molecular weight excluding hydrogens is 472 g/mol. The van der Waals surface area contributed by atoms with E-state index in [1.807, 2.05) is 35.2 Å². The molecule has 0 aliphatic carbocycles. The van der Waals surface area contributed by atoms with Crippen molar-refractivity contribution < 1.29 is 9.72 Å². The van der Waals surface area contributed by atoms with E-state index in [4.69, 9.17) is 11.6 Å². The second-order valence-electron chi connectivity index (χ2n) is 6.91. The Balaban J connectivity index is 1.28. The molecule has 2 aromatic carbocycles. The number of piperazine rings is 1. The molecule has 9 nitrogen and oxygen atoms in total. The van der Waals surface area contributed by atoms with E-state index in [9.17, 15) is 14.9 Å². The maximum atomic E-state index is 12.6. The number of nitro groups is 1. The largest absolute Gasteiger partial charge is 0.362 e. The number of benzene rings is 2. The third-order valence-electron chi connectivity index (χ3n) is 4.86. The van der Waals surface area contributed by atoms with E-state index >= 15 is 0 Å². The number of nitro benzene ring substituents is 1. The first kappa shape index (κ1) is 22.3. The molecule has 0 atom stereocenters. The number of halogens is 1. The van der Waals surface area contributed by atoms with E-state index in [1.165, 1.54) is 29.2 Å². The average molecular weight is 491 g/mol. The number of carbonyl (C=O) groups is 1. The lowest BCUT2D eigenvalue weighted by Crippen LogP contribution is -2.49. The third-order valence-corrected chi connectivity index (χ3v) is 7.05. The number of aromatic nitrogens is 2. The van der Waals surface area contributed by atoms with Crippen LogP contribution in [0, 0.1) is 10.1 Å². The number of hydrogen-bond donors (Lipinski definition) is 1. The molecule has 32 heavy (non-hydrogen) atoms. The van der Waals surface area contributed by atoms with E-state index in [1.54, 1.807) is 17.0 Å². The van der Waals surface area contributed by atoms with Crippen molar-refractivity contribution in [1.82, 2.24) is 15.1 Å². The van der Waals surface area contributed by atoms with Gasteiger partial charge in [0.05, 0.1) is 10.7 Å². The van der Waals surface area contributed by atoms with Gasteiger partial charge >= 0.3 is 0 Å². The van der Waals surface area contributed by atoms with Crippen LogP contribution >= 0.6 is 34.7 Å². The number of nitrogens with zero attached hydrogens (tertiary/aromatic N) is 5. The minimum absolute atomic E-state index is 0.00743. The van der Waals surface area contributed by atoms with Crippen molar-refractivity contribution in [3.8, 4) is 0 Å². The molecule has 0 radical (unpaired) electrons. The highest BCUT2D eigenvalue weighted by Crippen LogP contribution is 2.32. The predicted octanol–water partition coefficient (Wildman–Crippen LogP) is 4.28. The number of thioether (sulfide) groups is 1. The van der Waals surface area contributed by atoms with Crippen LogP contribution in [0.5, 0.6) is 0 Å². The van der Waals surface area contributed by atoms with Crippen molar-refractivity contribution in [2.45, 2.75) is 4.34 Å². The van der Waals surface area contributed by atoms with Gasteiger partial charge in [-0.15, -0.1) is 10.2 Å². The zero-order valence-corrected chi connectivity index (χ0v) is 19.2. The van der Waals surface area contributed by atoms with Gasteiger partial charge in [0, 0.05) is 43.0 Å². The molecule has 3 aromatic rings. The van der Waals surface area contributed by atoms with Crippen LogP contribution in [0.4, 0.5) is 22.2 Å². The highest BCUT2D eigenvalue weighted by Gasteiger charge is 2.26. The fourth-order valence-corrected chi connectivity index (χ4v) is 5.13. The van der Waals surface area contributed by atoms with Crippen LogP contribution in [0.2, 0.25) is 5.02 Å². The summed E-state index contributed by atoms with van der Waals surface area (Å²) in [5, 5.41) is 23.8. The molecule has 1 N–H and O–H groups in total. The van der Waals surface area contributed by atoms with Gasteiger partial charge in [-0.1, -0.05) is 52.9 Å². The van der Waals surface area contributed by atoms with Gasteiger partial charge in [0.2, 0.25) is 11.0 Å². The lowest BCUT2D eigenvalue weighted by atomic mass is 10.2. The summed E-state index contributed by atoms with van der Waals surface area (Å²) in [6, 6.07) is 14.3. The molecule has 1 aromatic heterocycles. The zero-order valence-electron chi connectivity index (χ0n) is 16.8. The van der Waals surface area contributed by atoms with Gasteiger partial charge in [0.25, 0.3) is 5.69 Å². The summed E-state index contributed by atoms with van der Waals surface area (Å²) >= 11 is 8.65. The summed E-state index contributed by atoms with van der Waals surface area (Å²) in [4.78, 5) is 27.2. The van der Waals surface area contributed by atoms with Crippen molar-refractivity contribution in [2.75, 3.05) is 42.1 Å². The molecule has 0 saturated carbocycles. The smallest absolute Gasteiger partial charge is 0.294 e. The molecule has 0 bridgehead atoms. The minimum Gasteiger partial charge on any atom is -0.362 e. The Morgan fingerprint density at radius 1 is 1.16 bits per heavy atom. The first-order valence-corrected chi connectivity index (χ1v) is 11.9. The standard InChI is InChI=1S/C20H19ClN6O3S2/c21-14-6-7-16(17(12-14)27(29)30)25-8-10-26(11-9-25)18(28)13-31-20-24-23-19(32-20)22-15-4-2-1-3-5-15/h1-7,12H,8-11,13H2,(H,22,23). The Morgan fingerprint density at radius 2 is 1.91 bits per heavy atom. The van der Waals surface area contributed by atoms with E-state index in [0.717, 1.165) is 5.69 Å². The van der Waals surface area contributed by atoms with Crippen LogP contribution in [0.1, 0.15) is 0 Å². The lowest BCUT2D eigenvalue weighted by Gasteiger charge is -2.35. The number of carbonyl (C=O) groups excluding carboxylic acids is 1. The summed E-state index contributed by atoms with van der Waals surface area (Å²) in [6.45, 7) is 2.03. The molecule has 1 aliphatic heterocycles. The highest BCUT2D eigenvalue weighted by atomic mass is 35.5. The van der Waals surface area contributed by atoms with Crippen LogP contribution < -0.4 is 10.2 Å². The third kappa shape index (κ3) is 5.47. The lowest BCUT2D eigenvalue weighted by molar-refractivity contribution is -0.384. The van der Waals surface area contributed by atoms with Crippen LogP contribution in [0.15, 0.2) is 52.9 Å². The molecule has 1 aliphatic rings. The van der Waals surface area contributed by atoms with Crippen molar-refractivity contribution in [3.05, 3.63) is 63.7 Å². The first-order chi connectivity index (χ1) is 15.5. The topological polar surface area (TPSA) is 104 Å². The molecule has 0 unspecified atom stereocenters. The Kier molecular flexibility index (Phi) is 7.08. The molecule has 0 spiro atoms. The highest BCUT2D eigenvalue weighted by molar-refractivity contribution is 8.01. The zero-order chi connectivity index (χ0) is 22.5. The van der Waals surface area contributed by atoms with Crippen molar-refractivity contribution in [2.24, 2.45) is 0 Å². The summed E-state index contributed by atoms with van der Waals surface area (Å²) < 4.78 is 0.715. The molecule has 2 heterocycles. The van der Waals surface area contributed by atoms with E-state index in [0.29, 0.717) is 46.4 Å². The van der Waals surface area contributed by atoms with Gasteiger partial charge in [-0.3, -0.25) is 14.9 Å². The summed E-state index contributed by atoms with van der Waals surface area (Å²) in [6.07, 6.45) is 0. The van der Waals surface area contributed by atoms with Crippen LogP contribution in [-0.4, -0.2) is 57.9 Å². The van der Waals surface area contributed by atoms with Gasteiger partial charge in [0.1, 0.15) is 5.69 Å². The number of rotatable bonds is 7. The van der Waals surface area contributed by atoms with Gasteiger partial charge in [-0.25, -0.2) is 0 Å². The summed E-state index contributed by atoms with van der Waals surface area (Å²) in [5.41, 5.74) is 1.42.